The molecule has 1 unspecified atom stereocenters. The Morgan fingerprint density at radius 3 is 0.768 bits per heavy atom. The van der Waals surface area contributed by atoms with Gasteiger partial charge in [-0.25, -0.2) is 0 Å². The third-order valence-corrected chi connectivity index (χ3v) is 16.2. The van der Waals surface area contributed by atoms with Crippen LogP contribution >= 0.6 is 0 Å². The molecule has 0 rings (SSSR count). The maximum Gasteiger partial charge on any atom is 0.220 e. The van der Waals surface area contributed by atoms with E-state index in [0.717, 1.165) is 19.3 Å². The quantitative estimate of drug-likeness (QED) is 0.0352. The van der Waals surface area contributed by atoms with Crippen LogP contribution < -0.4 is 47.9 Å². The summed E-state index contributed by atoms with van der Waals surface area (Å²) >= 11 is 0. The van der Waals surface area contributed by atoms with Crippen molar-refractivity contribution in [2.45, 2.75) is 256 Å². The summed E-state index contributed by atoms with van der Waals surface area (Å²) in [5, 5.41) is 25.0. The molecule has 0 heterocycles. The van der Waals surface area contributed by atoms with Crippen molar-refractivity contribution in [3.05, 3.63) is 0 Å². The number of rotatable bonds is 49. The summed E-state index contributed by atoms with van der Waals surface area (Å²) in [5.74, 6) is -3.88. The number of hydrogen-bond acceptors (Lipinski definition) is 13. The van der Waals surface area contributed by atoms with Crippen molar-refractivity contribution in [2.75, 3.05) is 42.3 Å². The van der Waals surface area contributed by atoms with Gasteiger partial charge < -0.3 is 47.9 Å². The lowest BCUT2D eigenvalue weighted by atomic mass is 9.70. The van der Waals surface area contributed by atoms with Gasteiger partial charge in [0.05, 0.1) is 0 Å². The van der Waals surface area contributed by atoms with Crippen LogP contribution in [-0.4, -0.2) is 135 Å². The zero-order valence-electron chi connectivity index (χ0n) is 51.6. The maximum atomic E-state index is 14.8. The van der Waals surface area contributed by atoms with Gasteiger partial charge in [-0.1, -0.05) is 47.0 Å². The van der Waals surface area contributed by atoms with Crippen molar-refractivity contribution in [3.63, 3.8) is 0 Å². The van der Waals surface area contributed by atoms with Gasteiger partial charge in [0.15, 0.2) is 0 Å². The van der Waals surface area contributed by atoms with Crippen LogP contribution in [0.25, 0.3) is 0 Å². The van der Waals surface area contributed by atoms with E-state index in [-0.39, 0.29) is 251 Å². The van der Waals surface area contributed by atoms with E-state index >= 15 is 0 Å². The highest BCUT2D eigenvalue weighted by atomic mass is 16.2. The third kappa shape index (κ3) is 32.5. The zero-order chi connectivity index (χ0) is 62.2. The molecule has 0 radical (unpaired) electrons. The monoisotopic (exact) mass is 1160 g/mol. The summed E-state index contributed by atoms with van der Waals surface area (Å²) in [6.07, 6.45) is 3.80. The van der Waals surface area contributed by atoms with Crippen LogP contribution in [0.2, 0.25) is 0 Å². The average molecular weight is 1160 g/mol. The fraction of sp³-hybridized carbons (Fsp3) is 0.783. The SMILES string of the molecule is CCCCCCC(=O)NC(CCC(=O)CC(CCC(=O)CC)(CCC(=O)NC)CCC(=O)NC)(CCC(=O)NC(CCC(=O)CC)(CCC(=O)CC)CCC(=O)NC)CCC(=O)NC(CCC(=O)NC)(CCC(=O)NC)CCC(=O)NC. The zero-order valence-corrected chi connectivity index (χ0v) is 51.6. The van der Waals surface area contributed by atoms with Crippen LogP contribution in [0.5, 0.6) is 0 Å². The lowest BCUT2D eigenvalue weighted by molar-refractivity contribution is -0.129. The summed E-state index contributed by atoms with van der Waals surface area (Å²) in [6.45, 7) is 7.21. The summed E-state index contributed by atoms with van der Waals surface area (Å²) < 4.78 is 0. The first-order chi connectivity index (χ1) is 38.8. The Morgan fingerprint density at radius 1 is 0.256 bits per heavy atom. The molecule has 0 aliphatic rings. The Kier molecular flexibility index (Phi) is 38.7. The van der Waals surface area contributed by atoms with Crippen LogP contribution in [-0.2, 0) is 62.3 Å². The van der Waals surface area contributed by atoms with E-state index in [9.17, 15) is 62.3 Å². The molecule has 0 bridgehead atoms. The Labute approximate surface area is 488 Å². The molecule has 9 amide bonds. The number of nitrogens with one attached hydrogen (secondary N) is 9. The standard InChI is InChI=1S/C60H105N9O13/c1-11-15-16-17-18-54(80)67-59(36-22-47(73)43-57(31-19-44(70)12-2,32-23-48(74)61-5)33-24-49(75)62-6,41-29-55(81)68-58(34-20-45(71)13-3,35-21-46(72)14-4)37-25-50(76)63-7)42-30-56(82)69-60(38-26-51(77)64-8,39-27-52(78)65-9)40-28-53(79)66-10/h11-43H2,1-10H3,(H,61,74)(H,62,75)(H,63,76)(H,64,77)(H,65,78)(H,66,79)(H,67,80)(H,68,81)(H,69,82). The molecule has 0 aliphatic carbocycles. The predicted octanol–water partition coefficient (Wildman–Crippen LogP) is 5.24. The van der Waals surface area contributed by atoms with Gasteiger partial charge in [0.2, 0.25) is 53.2 Å². The molecular formula is C60H105N9O13. The van der Waals surface area contributed by atoms with Crippen molar-refractivity contribution >= 4 is 76.3 Å². The lowest BCUT2D eigenvalue weighted by Gasteiger charge is -2.39. The minimum Gasteiger partial charge on any atom is -0.359 e. The van der Waals surface area contributed by atoms with Gasteiger partial charge in [-0.05, 0) is 88.9 Å². The van der Waals surface area contributed by atoms with Crippen LogP contribution in [0, 0.1) is 5.41 Å². The molecule has 0 spiro atoms. The van der Waals surface area contributed by atoms with E-state index in [0.29, 0.717) is 6.42 Å². The number of amides is 9. The second-order valence-electron chi connectivity index (χ2n) is 22.2. The van der Waals surface area contributed by atoms with Crippen molar-refractivity contribution in [2.24, 2.45) is 5.41 Å². The Balaban J connectivity index is 8.14. The van der Waals surface area contributed by atoms with Crippen molar-refractivity contribution in [3.8, 4) is 0 Å². The molecule has 22 nitrogen and oxygen atoms in total. The third-order valence-electron chi connectivity index (χ3n) is 16.2. The van der Waals surface area contributed by atoms with E-state index in [4.69, 9.17) is 0 Å². The minimum absolute atomic E-state index is 0.0146. The number of carbonyl (C=O) groups excluding carboxylic acids is 13. The number of ketones is 4. The molecule has 0 aliphatic heterocycles. The number of carbonyl (C=O) groups is 13. The average Bonchev–Trinajstić information content (AvgIpc) is 3.57. The fourth-order valence-corrected chi connectivity index (χ4v) is 10.3. The molecule has 0 aromatic carbocycles. The number of unbranched alkanes of at least 4 members (excludes halogenated alkanes) is 3. The maximum absolute atomic E-state index is 14.8. The van der Waals surface area contributed by atoms with Crippen molar-refractivity contribution in [1.29, 1.82) is 0 Å². The largest absolute Gasteiger partial charge is 0.359 e. The normalized spacial score (nSPS) is 12.2. The van der Waals surface area contributed by atoms with Crippen molar-refractivity contribution in [1.82, 2.24) is 47.9 Å². The topological polar surface area (TPSA) is 330 Å². The molecule has 0 aromatic heterocycles. The summed E-state index contributed by atoms with van der Waals surface area (Å²) in [7, 11) is 8.87. The summed E-state index contributed by atoms with van der Waals surface area (Å²) in [4.78, 5) is 174. The highest BCUT2D eigenvalue weighted by Gasteiger charge is 2.40. The van der Waals surface area contributed by atoms with E-state index in [1.165, 1.54) is 42.3 Å². The van der Waals surface area contributed by atoms with E-state index in [2.05, 4.69) is 47.9 Å². The summed E-state index contributed by atoms with van der Waals surface area (Å²) in [6, 6.07) is 0. The molecule has 0 saturated carbocycles. The molecule has 9 N–H and O–H groups in total. The highest BCUT2D eigenvalue weighted by molar-refractivity contribution is 5.84. The van der Waals surface area contributed by atoms with Gasteiger partial charge in [0.1, 0.15) is 23.1 Å². The predicted molar refractivity (Wildman–Crippen MR) is 315 cm³/mol. The van der Waals surface area contributed by atoms with E-state index < -0.39 is 33.8 Å². The first kappa shape index (κ1) is 75.9. The van der Waals surface area contributed by atoms with Crippen LogP contribution in [0.3, 0.4) is 0 Å². The Bertz CT molecular complexity index is 1740. The molecule has 1 atom stereocenters. The van der Waals surface area contributed by atoms with Gasteiger partial charge in [-0.2, -0.15) is 0 Å². The van der Waals surface area contributed by atoms with Crippen LogP contribution in [0.15, 0.2) is 0 Å². The fourth-order valence-electron chi connectivity index (χ4n) is 10.3. The first-order valence-corrected chi connectivity index (χ1v) is 30.1. The molecule has 0 aromatic rings. The number of hydrogen-bond donors (Lipinski definition) is 9. The van der Waals surface area contributed by atoms with Gasteiger partial charge >= 0.3 is 0 Å². The molecule has 82 heavy (non-hydrogen) atoms. The number of Topliss-reactive ketones (excluding diaryl/α,β-unsaturated/α-hetero) is 4. The molecule has 0 fully saturated rings. The van der Waals surface area contributed by atoms with E-state index in [1.807, 2.05) is 6.92 Å². The highest BCUT2D eigenvalue weighted by Crippen LogP contribution is 2.41. The van der Waals surface area contributed by atoms with Gasteiger partial charge in [-0.3, -0.25) is 62.3 Å². The summed E-state index contributed by atoms with van der Waals surface area (Å²) in [5.41, 5.74) is -4.84. The smallest absolute Gasteiger partial charge is 0.220 e. The Hall–Kier alpha value is -6.09. The van der Waals surface area contributed by atoms with Gasteiger partial charge in [-0.15, -0.1) is 0 Å². The molecular weight excluding hydrogens is 1050 g/mol. The Morgan fingerprint density at radius 2 is 0.488 bits per heavy atom. The molecule has 22 heteroatoms. The lowest BCUT2D eigenvalue weighted by Crippen LogP contribution is -2.53. The molecule has 468 valence electrons. The van der Waals surface area contributed by atoms with Crippen molar-refractivity contribution < 1.29 is 62.3 Å². The van der Waals surface area contributed by atoms with E-state index in [1.54, 1.807) is 20.8 Å². The first-order valence-electron chi connectivity index (χ1n) is 30.1. The second-order valence-corrected chi connectivity index (χ2v) is 22.2. The van der Waals surface area contributed by atoms with Gasteiger partial charge in [0, 0.05) is 168 Å². The second kappa shape index (κ2) is 41.8. The molecule has 0 saturated heterocycles. The minimum atomic E-state index is -1.45. The van der Waals surface area contributed by atoms with Crippen LogP contribution in [0.4, 0.5) is 0 Å². The van der Waals surface area contributed by atoms with Crippen LogP contribution in [0.1, 0.15) is 240 Å². The van der Waals surface area contributed by atoms with Gasteiger partial charge in [0.25, 0.3) is 0 Å².